The topological polar surface area (TPSA) is 36.3 Å². The van der Waals surface area contributed by atoms with Gasteiger partial charge in [-0.2, -0.15) is 5.26 Å². The van der Waals surface area contributed by atoms with Crippen LogP contribution in [0.1, 0.15) is 44.6 Å². The second-order valence-corrected chi connectivity index (χ2v) is 5.41. The SMILES string of the molecule is CCN(CCCOc1ccc(C#N)cc1)C1CCCC1. The van der Waals surface area contributed by atoms with Crippen LogP contribution < -0.4 is 4.74 Å². The Morgan fingerprint density at radius 3 is 2.55 bits per heavy atom. The van der Waals surface area contributed by atoms with Gasteiger partial charge in [0.1, 0.15) is 5.75 Å². The van der Waals surface area contributed by atoms with E-state index in [4.69, 9.17) is 10.00 Å². The lowest BCUT2D eigenvalue weighted by Crippen LogP contribution is -2.34. The largest absolute Gasteiger partial charge is 0.494 e. The molecular weight excluding hydrogens is 248 g/mol. The predicted molar refractivity (Wildman–Crippen MR) is 80.8 cm³/mol. The molecule has 1 saturated carbocycles. The fourth-order valence-corrected chi connectivity index (χ4v) is 2.95. The van der Waals surface area contributed by atoms with Crippen LogP contribution in [-0.2, 0) is 0 Å². The number of rotatable bonds is 7. The molecule has 20 heavy (non-hydrogen) atoms. The highest BCUT2D eigenvalue weighted by Gasteiger charge is 2.20. The normalized spacial score (nSPS) is 15.4. The first-order valence-electron chi connectivity index (χ1n) is 7.70. The summed E-state index contributed by atoms with van der Waals surface area (Å²) in [4.78, 5) is 2.59. The molecule has 0 aliphatic heterocycles. The maximum Gasteiger partial charge on any atom is 0.119 e. The minimum Gasteiger partial charge on any atom is -0.494 e. The van der Waals surface area contributed by atoms with E-state index in [0.717, 1.165) is 37.9 Å². The minimum absolute atomic E-state index is 0.677. The fraction of sp³-hybridized carbons (Fsp3) is 0.588. The van der Waals surface area contributed by atoms with E-state index >= 15 is 0 Å². The van der Waals surface area contributed by atoms with Crippen LogP contribution in [-0.4, -0.2) is 30.6 Å². The Balaban J connectivity index is 1.68. The van der Waals surface area contributed by atoms with Crippen LogP contribution in [0.25, 0.3) is 0 Å². The summed E-state index contributed by atoms with van der Waals surface area (Å²) in [5.41, 5.74) is 0.677. The lowest BCUT2D eigenvalue weighted by atomic mass is 10.2. The number of benzene rings is 1. The van der Waals surface area contributed by atoms with Crippen LogP contribution in [0.5, 0.6) is 5.75 Å². The van der Waals surface area contributed by atoms with E-state index in [1.165, 1.54) is 25.7 Å². The molecule has 0 radical (unpaired) electrons. The zero-order valence-corrected chi connectivity index (χ0v) is 12.3. The highest BCUT2D eigenvalue weighted by atomic mass is 16.5. The maximum atomic E-state index is 8.74. The van der Waals surface area contributed by atoms with Gasteiger partial charge in [0.05, 0.1) is 18.2 Å². The van der Waals surface area contributed by atoms with Crippen LogP contribution in [0.15, 0.2) is 24.3 Å². The summed E-state index contributed by atoms with van der Waals surface area (Å²) in [6.45, 7) is 5.26. The Labute approximate surface area is 122 Å². The monoisotopic (exact) mass is 272 g/mol. The summed E-state index contributed by atoms with van der Waals surface area (Å²) in [7, 11) is 0. The average molecular weight is 272 g/mol. The number of nitriles is 1. The Hall–Kier alpha value is -1.53. The summed E-state index contributed by atoms with van der Waals surface area (Å²) in [5.74, 6) is 0.855. The molecular formula is C17H24N2O. The van der Waals surface area contributed by atoms with Gasteiger partial charge in [0, 0.05) is 12.6 Å². The van der Waals surface area contributed by atoms with E-state index in [1.807, 2.05) is 12.1 Å². The molecule has 0 bridgehead atoms. The number of hydrogen-bond acceptors (Lipinski definition) is 3. The summed E-state index contributed by atoms with van der Waals surface area (Å²) in [6.07, 6.45) is 6.57. The predicted octanol–water partition coefficient (Wildman–Crippen LogP) is 3.59. The van der Waals surface area contributed by atoms with E-state index in [9.17, 15) is 0 Å². The Morgan fingerprint density at radius 1 is 1.25 bits per heavy atom. The van der Waals surface area contributed by atoms with Crippen molar-refractivity contribution in [1.82, 2.24) is 4.90 Å². The molecule has 1 aliphatic rings. The fourth-order valence-electron chi connectivity index (χ4n) is 2.95. The van der Waals surface area contributed by atoms with Crippen LogP contribution >= 0.6 is 0 Å². The first kappa shape index (κ1) is 14.9. The zero-order valence-electron chi connectivity index (χ0n) is 12.3. The highest BCUT2D eigenvalue weighted by molar-refractivity contribution is 5.34. The van der Waals surface area contributed by atoms with Gasteiger partial charge in [-0.3, -0.25) is 0 Å². The van der Waals surface area contributed by atoms with Gasteiger partial charge in [-0.05, 0) is 50.1 Å². The van der Waals surface area contributed by atoms with E-state index in [-0.39, 0.29) is 0 Å². The molecule has 0 aromatic heterocycles. The number of ether oxygens (including phenoxy) is 1. The summed E-state index contributed by atoms with van der Waals surface area (Å²) < 4.78 is 5.73. The van der Waals surface area contributed by atoms with E-state index in [0.29, 0.717) is 5.56 Å². The van der Waals surface area contributed by atoms with Crippen molar-refractivity contribution in [3.63, 3.8) is 0 Å². The molecule has 3 nitrogen and oxygen atoms in total. The van der Waals surface area contributed by atoms with Crippen molar-refractivity contribution in [2.45, 2.75) is 45.1 Å². The lowest BCUT2D eigenvalue weighted by Gasteiger charge is -2.27. The number of hydrogen-bond donors (Lipinski definition) is 0. The Morgan fingerprint density at radius 2 is 1.95 bits per heavy atom. The molecule has 2 rings (SSSR count). The van der Waals surface area contributed by atoms with Crippen molar-refractivity contribution in [2.75, 3.05) is 19.7 Å². The molecule has 1 fully saturated rings. The molecule has 1 aromatic rings. The number of nitrogens with zero attached hydrogens (tertiary/aromatic N) is 2. The molecule has 1 aliphatic carbocycles. The maximum absolute atomic E-state index is 8.74. The standard InChI is InChI=1S/C17H24N2O/c1-2-19(16-6-3-4-7-16)12-5-13-20-17-10-8-15(14-18)9-11-17/h8-11,16H,2-7,12-13H2,1H3. The van der Waals surface area contributed by atoms with Gasteiger partial charge in [0.2, 0.25) is 0 Å². The van der Waals surface area contributed by atoms with Crippen molar-refractivity contribution in [3.8, 4) is 11.8 Å². The minimum atomic E-state index is 0.677. The van der Waals surface area contributed by atoms with E-state index in [2.05, 4.69) is 17.9 Å². The molecule has 3 heteroatoms. The van der Waals surface area contributed by atoms with Gasteiger partial charge >= 0.3 is 0 Å². The van der Waals surface area contributed by atoms with E-state index in [1.54, 1.807) is 12.1 Å². The van der Waals surface area contributed by atoms with Crippen LogP contribution in [0, 0.1) is 11.3 Å². The van der Waals surface area contributed by atoms with Gasteiger partial charge in [-0.25, -0.2) is 0 Å². The van der Waals surface area contributed by atoms with Crippen LogP contribution in [0.3, 0.4) is 0 Å². The van der Waals surface area contributed by atoms with E-state index < -0.39 is 0 Å². The third-order valence-corrected chi connectivity index (χ3v) is 4.09. The smallest absolute Gasteiger partial charge is 0.119 e. The summed E-state index contributed by atoms with van der Waals surface area (Å²) in [6, 6.07) is 10.2. The molecule has 0 spiro atoms. The molecule has 0 amide bonds. The third kappa shape index (κ3) is 4.25. The van der Waals surface area contributed by atoms with Gasteiger partial charge in [-0.1, -0.05) is 19.8 Å². The molecule has 108 valence electrons. The first-order valence-corrected chi connectivity index (χ1v) is 7.70. The van der Waals surface area contributed by atoms with Gasteiger partial charge in [0.25, 0.3) is 0 Å². The Bertz CT molecular complexity index is 429. The molecule has 0 unspecified atom stereocenters. The second-order valence-electron chi connectivity index (χ2n) is 5.41. The van der Waals surface area contributed by atoms with Gasteiger partial charge in [0.15, 0.2) is 0 Å². The van der Waals surface area contributed by atoms with Gasteiger partial charge < -0.3 is 9.64 Å². The average Bonchev–Trinajstić information content (AvgIpc) is 3.02. The van der Waals surface area contributed by atoms with Crippen LogP contribution in [0.2, 0.25) is 0 Å². The molecule has 0 N–H and O–H groups in total. The van der Waals surface area contributed by atoms with Crippen molar-refractivity contribution in [3.05, 3.63) is 29.8 Å². The van der Waals surface area contributed by atoms with Crippen molar-refractivity contribution >= 4 is 0 Å². The Kier molecular flexibility index (Phi) is 5.88. The van der Waals surface area contributed by atoms with Crippen LogP contribution in [0.4, 0.5) is 0 Å². The highest BCUT2D eigenvalue weighted by Crippen LogP contribution is 2.23. The summed E-state index contributed by atoms with van der Waals surface area (Å²) in [5, 5.41) is 8.74. The second kappa shape index (κ2) is 7.91. The summed E-state index contributed by atoms with van der Waals surface area (Å²) >= 11 is 0. The lowest BCUT2D eigenvalue weighted by molar-refractivity contribution is 0.188. The first-order chi connectivity index (χ1) is 9.83. The zero-order chi connectivity index (χ0) is 14.2. The van der Waals surface area contributed by atoms with Crippen molar-refractivity contribution in [1.29, 1.82) is 5.26 Å². The van der Waals surface area contributed by atoms with Crippen molar-refractivity contribution < 1.29 is 4.74 Å². The molecule has 0 heterocycles. The quantitative estimate of drug-likeness (QED) is 0.712. The van der Waals surface area contributed by atoms with Crippen molar-refractivity contribution in [2.24, 2.45) is 0 Å². The molecule has 0 saturated heterocycles. The van der Waals surface area contributed by atoms with Gasteiger partial charge in [-0.15, -0.1) is 0 Å². The molecule has 0 atom stereocenters. The third-order valence-electron chi connectivity index (χ3n) is 4.09. The molecule has 1 aromatic carbocycles.